The number of benzene rings is 1. The third kappa shape index (κ3) is 1.96. The van der Waals surface area contributed by atoms with Gasteiger partial charge in [-0.25, -0.2) is 0 Å². The summed E-state index contributed by atoms with van der Waals surface area (Å²) >= 11 is 4.58. The van der Waals surface area contributed by atoms with E-state index in [1.165, 1.54) is 42.0 Å². The zero-order chi connectivity index (χ0) is 11.0. The van der Waals surface area contributed by atoms with E-state index < -0.39 is 0 Å². The maximum Gasteiger partial charge on any atom is 0.0596 e. The number of thioether (sulfide) groups is 1. The number of anilines is 1. The predicted octanol–water partition coefficient (Wildman–Crippen LogP) is 4.51. The van der Waals surface area contributed by atoms with Crippen LogP contribution in [0.4, 0.5) is 5.69 Å². The molecule has 0 amide bonds. The predicted molar refractivity (Wildman–Crippen MR) is 79.4 cm³/mol. The summed E-state index contributed by atoms with van der Waals surface area (Å²) in [7, 11) is 0. The molecule has 0 aromatic heterocycles. The highest BCUT2D eigenvalue weighted by atomic mass is 127. The van der Waals surface area contributed by atoms with Crippen LogP contribution in [0.1, 0.15) is 25.7 Å². The number of hydrogen-bond acceptors (Lipinski definition) is 2. The van der Waals surface area contributed by atoms with Crippen molar-refractivity contribution >= 4 is 40.3 Å². The van der Waals surface area contributed by atoms with E-state index in [-0.39, 0.29) is 0 Å². The van der Waals surface area contributed by atoms with Gasteiger partial charge in [-0.2, -0.15) is 0 Å². The van der Waals surface area contributed by atoms with Gasteiger partial charge < -0.3 is 3.11 Å². The van der Waals surface area contributed by atoms with Gasteiger partial charge in [0, 0.05) is 16.7 Å². The highest BCUT2D eigenvalue weighted by molar-refractivity contribution is 14.1. The third-order valence-corrected chi connectivity index (χ3v) is 6.19. The van der Waals surface area contributed by atoms with Crippen molar-refractivity contribution in [3.8, 4) is 0 Å². The van der Waals surface area contributed by atoms with E-state index in [0.29, 0.717) is 0 Å². The molecule has 1 aromatic rings. The minimum absolute atomic E-state index is 0.769. The number of rotatable bonds is 0. The zero-order valence-electron chi connectivity index (χ0n) is 9.23. The topological polar surface area (TPSA) is 3.24 Å². The van der Waals surface area contributed by atoms with Crippen LogP contribution < -0.4 is 3.11 Å². The fourth-order valence-corrected chi connectivity index (χ4v) is 5.40. The van der Waals surface area contributed by atoms with E-state index >= 15 is 0 Å². The Labute approximate surface area is 115 Å². The molecule has 1 fully saturated rings. The fourth-order valence-electron chi connectivity index (χ4n) is 2.81. The van der Waals surface area contributed by atoms with E-state index in [2.05, 4.69) is 62.0 Å². The van der Waals surface area contributed by atoms with Crippen LogP contribution in [0.2, 0.25) is 0 Å². The summed E-state index contributed by atoms with van der Waals surface area (Å²) in [6, 6.07) is 9.62. The summed E-state index contributed by atoms with van der Waals surface area (Å²) in [5.41, 5.74) is 1.43. The van der Waals surface area contributed by atoms with Crippen LogP contribution >= 0.6 is 34.6 Å². The van der Waals surface area contributed by atoms with E-state index in [4.69, 9.17) is 0 Å². The molecule has 0 radical (unpaired) electrons. The molecule has 1 aliphatic heterocycles. The largest absolute Gasteiger partial charge is 0.310 e. The molecular weight excluding hydrogens is 329 g/mol. The van der Waals surface area contributed by atoms with Crippen molar-refractivity contribution in [2.75, 3.05) is 8.87 Å². The summed E-state index contributed by atoms with van der Waals surface area (Å²) in [4.78, 5) is 1.46. The van der Waals surface area contributed by atoms with Gasteiger partial charge in [0.25, 0.3) is 0 Å². The van der Waals surface area contributed by atoms with Crippen LogP contribution in [0.15, 0.2) is 29.2 Å². The van der Waals surface area contributed by atoms with Gasteiger partial charge in [-0.05, 0) is 30.9 Å². The molecule has 2 atom stereocenters. The Balaban J connectivity index is 1.96. The molecular formula is C13H16INS. The summed E-state index contributed by atoms with van der Waals surface area (Å²) in [6.45, 7) is 0. The van der Waals surface area contributed by atoms with Crippen molar-refractivity contribution in [1.29, 1.82) is 0 Å². The van der Waals surface area contributed by atoms with Crippen molar-refractivity contribution in [1.82, 2.24) is 0 Å². The molecule has 0 spiro atoms. The quantitative estimate of drug-likeness (QED) is 0.503. The maximum absolute atomic E-state index is 2.53. The van der Waals surface area contributed by atoms with Crippen LogP contribution in [0.25, 0.3) is 0 Å². The van der Waals surface area contributed by atoms with Gasteiger partial charge in [0.1, 0.15) is 0 Å². The van der Waals surface area contributed by atoms with Gasteiger partial charge in [-0.3, -0.25) is 0 Å². The second-order valence-electron chi connectivity index (χ2n) is 4.70. The summed E-state index contributed by atoms with van der Waals surface area (Å²) in [5, 5.41) is 0. The second-order valence-corrected chi connectivity index (χ2v) is 6.80. The minimum Gasteiger partial charge on any atom is -0.310 e. The van der Waals surface area contributed by atoms with Crippen LogP contribution in [0, 0.1) is 5.92 Å². The number of para-hydroxylation sites is 1. The molecule has 2 aliphatic rings. The van der Waals surface area contributed by atoms with Crippen molar-refractivity contribution in [3.05, 3.63) is 24.3 Å². The number of halogens is 1. The lowest BCUT2D eigenvalue weighted by molar-refractivity contribution is 0.346. The smallest absolute Gasteiger partial charge is 0.0596 e. The highest BCUT2D eigenvalue weighted by Gasteiger charge is 2.32. The van der Waals surface area contributed by atoms with E-state index in [1.54, 1.807) is 0 Å². The molecule has 3 rings (SSSR count). The summed E-state index contributed by atoms with van der Waals surface area (Å²) < 4.78 is 2.51. The Morgan fingerprint density at radius 3 is 2.94 bits per heavy atom. The van der Waals surface area contributed by atoms with E-state index in [0.717, 1.165) is 12.0 Å². The van der Waals surface area contributed by atoms with Crippen LogP contribution in [0.5, 0.6) is 0 Å². The first-order valence-electron chi connectivity index (χ1n) is 6.03. The van der Waals surface area contributed by atoms with Gasteiger partial charge in [-0.15, -0.1) is 11.8 Å². The minimum atomic E-state index is 0.769. The van der Waals surface area contributed by atoms with Gasteiger partial charge in [0.2, 0.25) is 0 Å². The second kappa shape index (κ2) is 4.77. The summed E-state index contributed by atoms with van der Waals surface area (Å²) in [6.07, 6.45) is 5.64. The third-order valence-electron chi connectivity index (χ3n) is 3.71. The molecule has 0 N–H and O–H groups in total. The lowest BCUT2D eigenvalue weighted by Crippen LogP contribution is -2.36. The zero-order valence-corrected chi connectivity index (χ0v) is 12.2. The van der Waals surface area contributed by atoms with Crippen molar-refractivity contribution < 1.29 is 0 Å². The first-order valence-corrected chi connectivity index (χ1v) is 7.98. The highest BCUT2D eigenvalue weighted by Crippen LogP contribution is 2.44. The first kappa shape index (κ1) is 11.2. The number of fused-ring (bicyclic) bond motifs is 2. The molecule has 0 saturated heterocycles. The van der Waals surface area contributed by atoms with E-state index in [1.807, 2.05) is 0 Å². The molecule has 2 unspecified atom stereocenters. The standard InChI is InChI=1S/C13H16INS/c14-15-11-6-2-1-5-10(11)9-16-13-8-4-3-7-12(13)15/h3-4,7-8,10-11H,1-2,5-6,9H2. The van der Waals surface area contributed by atoms with Crippen LogP contribution in [-0.2, 0) is 0 Å². The van der Waals surface area contributed by atoms with Gasteiger partial charge in [0.15, 0.2) is 0 Å². The van der Waals surface area contributed by atoms with Crippen LogP contribution in [-0.4, -0.2) is 11.8 Å². The molecule has 1 heterocycles. The molecule has 0 bridgehead atoms. The summed E-state index contributed by atoms with van der Waals surface area (Å²) in [5.74, 6) is 2.20. The van der Waals surface area contributed by atoms with E-state index in [9.17, 15) is 0 Å². The SMILES string of the molecule is IN1c2ccccc2SCC2CCCCC21. The van der Waals surface area contributed by atoms with Crippen molar-refractivity contribution in [2.24, 2.45) is 5.92 Å². The Morgan fingerprint density at radius 1 is 1.19 bits per heavy atom. The maximum atomic E-state index is 2.53. The molecule has 1 saturated carbocycles. The lowest BCUT2D eigenvalue weighted by Gasteiger charge is -2.35. The molecule has 1 aromatic carbocycles. The average Bonchev–Trinajstić information content (AvgIpc) is 2.49. The lowest BCUT2D eigenvalue weighted by atomic mass is 9.85. The Morgan fingerprint density at radius 2 is 2.00 bits per heavy atom. The Hall–Kier alpha value is 0.100. The Kier molecular flexibility index (Phi) is 3.34. The normalized spacial score (nSPS) is 29.2. The van der Waals surface area contributed by atoms with Gasteiger partial charge in [0.05, 0.1) is 28.6 Å². The monoisotopic (exact) mass is 345 g/mol. The molecule has 1 aliphatic carbocycles. The molecule has 3 heteroatoms. The van der Waals surface area contributed by atoms with Crippen LogP contribution in [0.3, 0.4) is 0 Å². The van der Waals surface area contributed by atoms with Gasteiger partial charge >= 0.3 is 0 Å². The molecule has 16 heavy (non-hydrogen) atoms. The Bertz CT molecular complexity index is 382. The van der Waals surface area contributed by atoms with Crippen molar-refractivity contribution in [3.63, 3.8) is 0 Å². The molecule has 86 valence electrons. The average molecular weight is 345 g/mol. The van der Waals surface area contributed by atoms with Crippen molar-refractivity contribution in [2.45, 2.75) is 36.6 Å². The molecule has 1 nitrogen and oxygen atoms in total. The fraction of sp³-hybridized carbons (Fsp3) is 0.538. The first-order chi connectivity index (χ1) is 7.86. The number of nitrogens with zero attached hydrogens (tertiary/aromatic N) is 1. The number of hydrogen-bond donors (Lipinski definition) is 0. The van der Waals surface area contributed by atoms with Gasteiger partial charge in [-0.1, -0.05) is 25.0 Å².